The number of hydrogen-bond donors (Lipinski definition) is 14. The number of fused-ring (bicyclic) bond motifs is 1. The largest absolute Gasteiger partial charge is 0.508 e. The average Bonchev–Trinajstić information content (AvgIpc) is 3.15. The number of aromatic hydroxyl groups is 4. The fourth-order valence-electron chi connectivity index (χ4n) is 6.44. The molecule has 0 aliphatic carbocycles. The summed E-state index contributed by atoms with van der Waals surface area (Å²) in [5, 5.41) is 145. The van der Waals surface area contributed by atoms with Crippen molar-refractivity contribution >= 4 is 11.0 Å². The first kappa shape index (κ1) is 40.7. The zero-order valence-electron chi connectivity index (χ0n) is 28.2. The van der Waals surface area contributed by atoms with Gasteiger partial charge < -0.3 is 104 Å². The van der Waals surface area contributed by atoms with Gasteiger partial charge in [-0.1, -0.05) is 0 Å². The topological polar surface area (TPSA) is 369 Å². The van der Waals surface area contributed by atoms with Gasteiger partial charge in [-0.15, -0.1) is 0 Å². The predicted octanol–water partition coefficient (Wildman–Crippen LogP) is -4.89. The van der Waals surface area contributed by atoms with E-state index in [9.17, 15) is 76.3 Å². The minimum Gasteiger partial charge on any atom is -0.508 e. The van der Waals surface area contributed by atoms with Gasteiger partial charge in [-0.2, -0.15) is 0 Å². The van der Waals surface area contributed by atoms with E-state index in [2.05, 4.69) is 0 Å². The maximum absolute atomic E-state index is 14.0. The van der Waals surface area contributed by atoms with Gasteiger partial charge in [-0.25, -0.2) is 0 Å². The molecule has 0 bridgehead atoms. The Morgan fingerprint density at radius 3 is 1.67 bits per heavy atom. The van der Waals surface area contributed by atoms with E-state index in [4.69, 9.17) is 32.8 Å². The molecule has 1 aromatic heterocycles. The molecule has 3 fully saturated rings. The second-order valence-electron chi connectivity index (χ2n) is 13.1. The number of hydrogen-bond acceptors (Lipinski definition) is 22. The summed E-state index contributed by atoms with van der Waals surface area (Å²) in [6.45, 7) is -2.76. The third-order valence-corrected chi connectivity index (χ3v) is 9.47. The second-order valence-corrected chi connectivity index (χ2v) is 13.1. The van der Waals surface area contributed by atoms with Gasteiger partial charge in [-0.3, -0.25) is 4.79 Å². The molecule has 0 saturated carbocycles. The fraction of sp³-hybridized carbons (Fsp3) is 0.545. The van der Waals surface area contributed by atoms with Crippen molar-refractivity contribution in [3.05, 3.63) is 40.6 Å². The Hall–Kier alpha value is -3.95. The molecule has 304 valence electrons. The first-order valence-corrected chi connectivity index (χ1v) is 16.7. The number of rotatable bonds is 10. The van der Waals surface area contributed by atoms with E-state index in [0.29, 0.717) is 0 Å². The van der Waals surface area contributed by atoms with Crippen LogP contribution in [0.2, 0.25) is 0 Å². The molecule has 22 nitrogen and oxygen atoms in total. The van der Waals surface area contributed by atoms with Gasteiger partial charge in [0.25, 0.3) is 0 Å². The normalized spacial score (nSPS) is 36.9. The van der Waals surface area contributed by atoms with Crippen molar-refractivity contribution in [1.29, 1.82) is 0 Å². The van der Waals surface area contributed by atoms with E-state index in [1.807, 2.05) is 0 Å². The highest BCUT2D eigenvalue weighted by Crippen LogP contribution is 2.40. The molecule has 15 atom stereocenters. The van der Waals surface area contributed by atoms with E-state index in [0.717, 1.165) is 24.3 Å². The third kappa shape index (κ3) is 7.63. The molecule has 3 aliphatic heterocycles. The Bertz CT molecular complexity index is 1870. The zero-order chi connectivity index (χ0) is 40.0. The number of ether oxygens (including phenoxy) is 6. The Labute approximate surface area is 307 Å². The number of aliphatic hydroxyl groups is 10. The molecular formula is C33H40O22. The highest BCUT2D eigenvalue weighted by atomic mass is 16.8. The predicted molar refractivity (Wildman–Crippen MR) is 174 cm³/mol. The second kappa shape index (κ2) is 16.3. The molecule has 0 amide bonds. The number of phenols is 4. The van der Waals surface area contributed by atoms with E-state index in [1.54, 1.807) is 0 Å². The molecule has 3 aromatic rings. The van der Waals surface area contributed by atoms with Crippen LogP contribution in [0.15, 0.2) is 39.5 Å². The molecule has 55 heavy (non-hydrogen) atoms. The van der Waals surface area contributed by atoms with Gasteiger partial charge in [-0.05, 0) is 18.2 Å². The Balaban J connectivity index is 1.41. The van der Waals surface area contributed by atoms with Crippen LogP contribution >= 0.6 is 0 Å². The standard InChI is InChI=1S/C33H40O22/c34-6-15-19(41)23(45)26(48)31(50-15)54-29-24(46)20(42)17(8-36)52-33(29)55-30-25(47)21(43)16(7-35)51-32(30)53-28-22(44)18-13(40)4-10(37)5-14(18)49-27(28)9-1-2-11(38)12(39)3-9/h1-5,15-17,19-21,23-26,29-43,45-48H,6-8H2/t15?,16?,17?,19-,20+,21-,23+,24+,25+,26?,29?,30?,31+,32+,33+/m1/s1. The van der Waals surface area contributed by atoms with Gasteiger partial charge in [0, 0.05) is 17.7 Å². The quantitative estimate of drug-likeness (QED) is 0.0856. The van der Waals surface area contributed by atoms with Crippen molar-refractivity contribution in [1.82, 2.24) is 0 Å². The third-order valence-electron chi connectivity index (χ3n) is 9.47. The molecule has 2 aromatic carbocycles. The van der Waals surface area contributed by atoms with Crippen molar-refractivity contribution < 1.29 is 104 Å². The molecule has 6 rings (SSSR count). The van der Waals surface area contributed by atoms with Gasteiger partial charge in [0.15, 0.2) is 35.9 Å². The van der Waals surface area contributed by atoms with Crippen LogP contribution in [0.4, 0.5) is 0 Å². The summed E-state index contributed by atoms with van der Waals surface area (Å²) >= 11 is 0. The lowest BCUT2D eigenvalue weighted by Crippen LogP contribution is -2.67. The first-order chi connectivity index (χ1) is 26.1. The lowest BCUT2D eigenvalue weighted by Gasteiger charge is -2.48. The smallest absolute Gasteiger partial charge is 0.239 e. The summed E-state index contributed by atoms with van der Waals surface area (Å²) in [6.07, 6.45) is -28.7. The van der Waals surface area contributed by atoms with Crippen LogP contribution in [0.3, 0.4) is 0 Å². The van der Waals surface area contributed by atoms with Crippen molar-refractivity contribution in [2.24, 2.45) is 0 Å². The minimum atomic E-state index is -2.12. The highest BCUT2D eigenvalue weighted by Gasteiger charge is 2.54. The van der Waals surface area contributed by atoms with Gasteiger partial charge in [0.05, 0.1) is 19.8 Å². The summed E-state index contributed by atoms with van der Waals surface area (Å²) in [5.74, 6) is -3.88. The molecule has 14 N–H and O–H groups in total. The summed E-state index contributed by atoms with van der Waals surface area (Å²) < 4.78 is 40.0. The number of benzene rings is 2. The Morgan fingerprint density at radius 1 is 0.564 bits per heavy atom. The van der Waals surface area contributed by atoms with Crippen molar-refractivity contribution in [3.8, 4) is 40.1 Å². The van der Waals surface area contributed by atoms with Crippen LogP contribution in [0, 0.1) is 0 Å². The average molecular weight is 789 g/mol. The molecule has 3 aliphatic rings. The molecular weight excluding hydrogens is 748 g/mol. The lowest BCUT2D eigenvalue weighted by molar-refractivity contribution is -0.389. The van der Waals surface area contributed by atoms with Crippen LogP contribution in [-0.2, 0) is 23.7 Å². The monoisotopic (exact) mass is 788 g/mol. The van der Waals surface area contributed by atoms with Crippen molar-refractivity contribution in [2.45, 2.75) is 92.1 Å². The molecule has 3 saturated heterocycles. The first-order valence-electron chi connectivity index (χ1n) is 16.7. The highest BCUT2D eigenvalue weighted by molar-refractivity contribution is 5.88. The molecule has 0 radical (unpaired) electrons. The van der Waals surface area contributed by atoms with E-state index in [1.165, 1.54) is 6.07 Å². The van der Waals surface area contributed by atoms with Gasteiger partial charge in [0.2, 0.25) is 17.5 Å². The SMILES string of the molecule is O=c1c(O[C@@H]2OC(CO)[C@@H](O)[C@H](O)C2O[C@@H]2OC(CO)[C@H](O)[C@H](O)C2O[C@@H]2OC(CO)[C@@H](O)[C@H](O)C2O)c(-c2ccc(O)c(O)c2)oc2cc(O)cc(O)c12. The minimum absolute atomic E-state index is 0.133. The summed E-state index contributed by atoms with van der Waals surface area (Å²) in [6, 6.07) is 4.95. The molecule has 6 unspecified atom stereocenters. The van der Waals surface area contributed by atoms with Crippen LogP contribution in [0.25, 0.3) is 22.3 Å². The van der Waals surface area contributed by atoms with E-state index >= 15 is 0 Å². The molecule has 22 heteroatoms. The molecule has 0 spiro atoms. The van der Waals surface area contributed by atoms with E-state index in [-0.39, 0.29) is 11.1 Å². The van der Waals surface area contributed by atoms with Crippen LogP contribution in [-0.4, -0.2) is 183 Å². The van der Waals surface area contributed by atoms with Crippen LogP contribution < -0.4 is 10.2 Å². The number of aliphatic hydroxyl groups excluding tert-OH is 10. The Morgan fingerprint density at radius 2 is 1.09 bits per heavy atom. The Kier molecular flexibility index (Phi) is 12.0. The van der Waals surface area contributed by atoms with E-state index < -0.39 is 157 Å². The van der Waals surface area contributed by atoms with Crippen LogP contribution in [0.1, 0.15) is 0 Å². The summed E-state index contributed by atoms with van der Waals surface area (Å²) in [5.41, 5.74) is -1.66. The maximum Gasteiger partial charge on any atom is 0.239 e. The van der Waals surface area contributed by atoms with Crippen molar-refractivity contribution in [3.63, 3.8) is 0 Å². The van der Waals surface area contributed by atoms with Gasteiger partial charge in [0.1, 0.15) is 89.6 Å². The lowest BCUT2D eigenvalue weighted by atomic mass is 9.96. The van der Waals surface area contributed by atoms with Crippen molar-refractivity contribution in [2.75, 3.05) is 19.8 Å². The summed E-state index contributed by atoms with van der Waals surface area (Å²) in [4.78, 5) is 14.0. The fourth-order valence-corrected chi connectivity index (χ4v) is 6.44. The van der Waals surface area contributed by atoms with Crippen LogP contribution in [0.5, 0.6) is 28.7 Å². The summed E-state index contributed by atoms with van der Waals surface area (Å²) in [7, 11) is 0. The zero-order valence-corrected chi connectivity index (χ0v) is 28.2. The number of phenolic OH excluding ortho intramolecular Hbond substituents is 4. The van der Waals surface area contributed by atoms with Gasteiger partial charge >= 0.3 is 0 Å². The molecule has 4 heterocycles. The maximum atomic E-state index is 14.0.